The van der Waals surface area contributed by atoms with Gasteiger partial charge in [-0.2, -0.15) is 0 Å². The van der Waals surface area contributed by atoms with Gasteiger partial charge in [0.05, 0.1) is 12.7 Å². The number of benzene rings is 1. The number of ether oxygens (including phenoxy) is 1. The Morgan fingerprint density at radius 2 is 1.92 bits per heavy atom. The molecule has 0 saturated carbocycles. The summed E-state index contributed by atoms with van der Waals surface area (Å²) >= 11 is 0. The molecule has 8 heteroatoms. The molecule has 3 rings (SSSR count). The summed E-state index contributed by atoms with van der Waals surface area (Å²) in [7, 11) is 2.81. The fourth-order valence-corrected chi connectivity index (χ4v) is 2.65. The highest BCUT2D eigenvalue weighted by Crippen LogP contribution is 2.16. The van der Waals surface area contributed by atoms with Gasteiger partial charge >= 0.3 is 5.69 Å². The predicted octanol–water partition coefficient (Wildman–Crippen LogP) is 0.264. The molecule has 1 fully saturated rings. The van der Waals surface area contributed by atoms with E-state index in [0.717, 1.165) is 20.8 Å². The van der Waals surface area contributed by atoms with Crippen LogP contribution >= 0.6 is 0 Å². The first-order valence-corrected chi connectivity index (χ1v) is 7.79. The molecule has 1 aliphatic rings. The lowest BCUT2D eigenvalue weighted by Crippen LogP contribution is -2.55. The quantitative estimate of drug-likeness (QED) is 0.796. The molecule has 0 aliphatic carbocycles. The summed E-state index contributed by atoms with van der Waals surface area (Å²) in [6, 6.07) is 7.30. The predicted molar refractivity (Wildman–Crippen MR) is 87.8 cm³/mol. The molecule has 0 atom stereocenters. The van der Waals surface area contributed by atoms with E-state index in [1.54, 1.807) is 12.1 Å². The van der Waals surface area contributed by atoms with Crippen LogP contribution in [0.2, 0.25) is 0 Å². The highest BCUT2D eigenvalue weighted by atomic mass is 19.1. The zero-order chi connectivity index (χ0) is 18.1. The molecule has 0 N–H and O–H groups in total. The van der Waals surface area contributed by atoms with Crippen LogP contribution < -0.4 is 11.2 Å². The summed E-state index contributed by atoms with van der Waals surface area (Å²) in [6.07, 6.45) is -0.157. The molecule has 25 heavy (non-hydrogen) atoms. The Balaban J connectivity index is 1.60. The van der Waals surface area contributed by atoms with Gasteiger partial charge in [-0.05, 0) is 17.7 Å². The summed E-state index contributed by atoms with van der Waals surface area (Å²) in [5.74, 6) is -0.707. The number of carbonyl (C=O) groups excluding carboxylic acids is 1. The molecule has 2 aromatic rings. The van der Waals surface area contributed by atoms with E-state index in [-0.39, 0.29) is 30.1 Å². The maximum atomic E-state index is 13.1. The molecule has 2 heterocycles. The monoisotopic (exact) mass is 347 g/mol. The minimum Gasteiger partial charge on any atom is -0.370 e. The van der Waals surface area contributed by atoms with Gasteiger partial charge in [-0.3, -0.25) is 18.7 Å². The summed E-state index contributed by atoms with van der Waals surface area (Å²) in [5.41, 5.74) is -0.295. The lowest BCUT2D eigenvalue weighted by atomic mass is 10.1. The Labute approximate surface area is 142 Å². The van der Waals surface area contributed by atoms with Gasteiger partial charge < -0.3 is 9.64 Å². The third-order valence-electron chi connectivity index (χ3n) is 4.26. The summed E-state index contributed by atoms with van der Waals surface area (Å²) in [6.45, 7) is 0.976. The highest BCUT2D eigenvalue weighted by Gasteiger charge is 2.33. The normalized spacial score (nSPS) is 14.4. The molecule has 0 radical (unpaired) electrons. The van der Waals surface area contributed by atoms with Crippen LogP contribution in [0.5, 0.6) is 0 Å². The van der Waals surface area contributed by atoms with E-state index in [4.69, 9.17) is 4.74 Å². The zero-order valence-electron chi connectivity index (χ0n) is 13.9. The first-order chi connectivity index (χ1) is 11.9. The Bertz CT molecular complexity index is 928. The van der Waals surface area contributed by atoms with Crippen LogP contribution in [0.25, 0.3) is 0 Å². The maximum Gasteiger partial charge on any atom is 0.331 e. The minimum absolute atomic E-state index is 0.0525. The first-order valence-electron chi connectivity index (χ1n) is 7.79. The molecule has 132 valence electrons. The Morgan fingerprint density at radius 1 is 1.20 bits per heavy atom. The van der Waals surface area contributed by atoms with E-state index < -0.39 is 11.2 Å². The smallest absolute Gasteiger partial charge is 0.331 e. The van der Waals surface area contributed by atoms with Gasteiger partial charge in [-0.15, -0.1) is 0 Å². The fourth-order valence-electron chi connectivity index (χ4n) is 2.65. The third-order valence-corrected chi connectivity index (χ3v) is 4.26. The van der Waals surface area contributed by atoms with Gasteiger partial charge in [0.15, 0.2) is 0 Å². The van der Waals surface area contributed by atoms with Crippen LogP contribution in [0.1, 0.15) is 16.1 Å². The van der Waals surface area contributed by atoms with Crippen molar-refractivity contribution in [1.29, 1.82) is 0 Å². The molecule has 1 saturated heterocycles. The number of amides is 1. The van der Waals surface area contributed by atoms with Crippen molar-refractivity contribution in [3.8, 4) is 0 Å². The molecular weight excluding hydrogens is 329 g/mol. The molecule has 0 spiro atoms. The Hall–Kier alpha value is -2.74. The van der Waals surface area contributed by atoms with Gasteiger partial charge in [0.25, 0.3) is 11.5 Å². The van der Waals surface area contributed by atoms with Crippen molar-refractivity contribution >= 4 is 5.91 Å². The average Bonchev–Trinajstić information content (AvgIpc) is 2.54. The summed E-state index contributed by atoms with van der Waals surface area (Å²) in [4.78, 5) is 37.6. The van der Waals surface area contributed by atoms with E-state index in [1.165, 1.54) is 31.1 Å². The number of rotatable bonds is 4. The average molecular weight is 347 g/mol. The lowest BCUT2D eigenvalue weighted by Gasteiger charge is -2.39. The van der Waals surface area contributed by atoms with Crippen molar-refractivity contribution in [3.05, 3.63) is 68.2 Å². The molecule has 0 unspecified atom stereocenters. The minimum atomic E-state index is -0.546. The molecule has 1 aliphatic heterocycles. The first kappa shape index (κ1) is 17.1. The highest BCUT2D eigenvalue weighted by molar-refractivity contribution is 5.93. The van der Waals surface area contributed by atoms with Crippen molar-refractivity contribution in [1.82, 2.24) is 14.0 Å². The van der Waals surface area contributed by atoms with Crippen molar-refractivity contribution in [2.45, 2.75) is 12.7 Å². The van der Waals surface area contributed by atoms with Crippen LogP contribution in [0.4, 0.5) is 4.39 Å². The van der Waals surface area contributed by atoms with Crippen molar-refractivity contribution in [2.75, 3.05) is 13.1 Å². The van der Waals surface area contributed by atoms with E-state index in [0.29, 0.717) is 13.1 Å². The van der Waals surface area contributed by atoms with Crippen LogP contribution in [-0.4, -0.2) is 39.1 Å². The Morgan fingerprint density at radius 3 is 2.60 bits per heavy atom. The SMILES string of the molecule is Cn1c(C(=O)N2CC(OCc3cccc(F)c3)C2)cc(=O)n(C)c1=O. The molecule has 1 amide bonds. The van der Waals surface area contributed by atoms with Gasteiger partial charge in [-0.25, -0.2) is 9.18 Å². The summed E-state index contributed by atoms with van der Waals surface area (Å²) in [5, 5.41) is 0. The Kier molecular flexibility index (Phi) is 4.54. The number of aromatic nitrogens is 2. The van der Waals surface area contributed by atoms with Crippen LogP contribution in [0, 0.1) is 5.82 Å². The second-order valence-corrected chi connectivity index (χ2v) is 6.04. The number of hydrogen-bond acceptors (Lipinski definition) is 4. The van der Waals surface area contributed by atoms with Crippen molar-refractivity contribution in [3.63, 3.8) is 0 Å². The van der Waals surface area contributed by atoms with Crippen LogP contribution in [0.15, 0.2) is 39.9 Å². The number of hydrogen-bond donors (Lipinski definition) is 0. The van der Waals surface area contributed by atoms with Gasteiger partial charge in [0.1, 0.15) is 11.5 Å². The lowest BCUT2D eigenvalue weighted by molar-refractivity contribution is -0.0507. The van der Waals surface area contributed by atoms with Crippen LogP contribution in [0.3, 0.4) is 0 Å². The number of nitrogens with zero attached hydrogens (tertiary/aromatic N) is 3. The summed E-state index contributed by atoms with van der Waals surface area (Å²) < 4.78 is 20.8. The molecular formula is C17H18FN3O4. The second kappa shape index (κ2) is 6.64. The molecule has 0 bridgehead atoms. The number of carbonyl (C=O) groups is 1. The standard InChI is InChI=1S/C17H18FN3O4/c1-19-14(7-15(22)20(2)17(19)24)16(23)21-8-13(9-21)25-10-11-4-3-5-12(18)6-11/h3-7,13H,8-10H2,1-2H3. The third kappa shape index (κ3) is 3.39. The largest absolute Gasteiger partial charge is 0.370 e. The number of likely N-dealkylation sites (tertiary alicyclic amines) is 1. The number of halogens is 1. The van der Waals surface area contributed by atoms with Gasteiger partial charge in [-0.1, -0.05) is 12.1 Å². The van der Waals surface area contributed by atoms with Gasteiger partial charge in [0.2, 0.25) is 0 Å². The van der Waals surface area contributed by atoms with Gasteiger partial charge in [0, 0.05) is 33.3 Å². The van der Waals surface area contributed by atoms with Crippen molar-refractivity contribution < 1.29 is 13.9 Å². The van der Waals surface area contributed by atoms with Crippen LogP contribution in [-0.2, 0) is 25.4 Å². The maximum absolute atomic E-state index is 13.1. The second-order valence-electron chi connectivity index (χ2n) is 6.04. The topological polar surface area (TPSA) is 73.5 Å². The van der Waals surface area contributed by atoms with E-state index in [1.807, 2.05) is 0 Å². The van der Waals surface area contributed by atoms with E-state index in [2.05, 4.69) is 0 Å². The van der Waals surface area contributed by atoms with E-state index in [9.17, 15) is 18.8 Å². The fraction of sp³-hybridized carbons (Fsp3) is 0.353. The molecule has 1 aromatic heterocycles. The van der Waals surface area contributed by atoms with Crippen molar-refractivity contribution in [2.24, 2.45) is 14.1 Å². The molecule has 1 aromatic carbocycles. The van der Waals surface area contributed by atoms with E-state index >= 15 is 0 Å². The molecule has 7 nitrogen and oxygen atoms in total. The zero-order valence-corrected chi connectivity index (χ0v) is 13.9.